The molecule has 8 heteroatoms. The van der Waals surface area contributed by atoms with E-state index in [4.69, 9.17) is 0 Å². The van der Waals surface area contributed by atoms with E-state index in [0.717, 1.165) is 10.6 Å². The molecule has 1 aromatic carbocycles. The molecular formula is C17H17N5O2S. The highest BCUT2D eigenvalue weighted by Crippen LogP contribution is 2.23. The van der Waals surface area contributed by atoms with E-state index in [9.17, 15) is 9.59 Å². The van der Waals surface area contributed by atoms with Crippen LogP contribution in [-0.4, -0.2) is 45.1 Å². The summed E-state index contributed by atoms with van der Waals surface area (Å²) in [4.78, 5) is 30.2. The quantitative estimate of drug-likeness (QED) is 0.761. The van der Waals surface area contributed by atoms with Crippen molar-refractivity contribution < 1.29 is 9.59 Å². The van der Waals surface area contributed by atoms with E-state index in [-0.39, 0.29) is 18.4 Å². The molecule has 7 nitrogen and oxygen atoms in total. The minimum Gasteiger partial charge on any atom is -0.331 e. The van der Waals surface area contributed by atoms with Gasteiger partial charge in [-0.1, -0.05) is 18.2 Å². The number of nitrogens with one attached hydrogen (secondary N) is 1. The number of likely N-dealkylation sites (N-methyl/N-ethyl adjacent to an activating group) is 1. The molecule has 0 spiro atoms. The number of carbonyl (C=O) groups excluding carboxylic acids is 2. The van der Waals surface area contributed by atoms with Crippen LogP contribution in [0, 0.1) is 0 Å². The molecule has 0 aliphatic rings. The first-order chi connectivity index (χ1) is 12.0. The largest absolute Gasteiger partial charge is 0.331 e. The van der Waals surface area contributed by atoms with Gasteiger partial charge in [0.1, 0.15) is 10.7 Å². The molecule has 25 heavy (non-hydrogen) atoms. The van der Waals surface area contributed by atoms with Gasteiger partial charge >= 0.3 is 0 Å². The molecule has 0 saturated heterocycles. The van der Waals surface area contributed by atoms with Crippen molar-refractivity contribution in [2.24, 2.45) is 7.05 Å². The Morgan fingerprint density at radius 2 is 2.04 bits per heavy atom. The van der Waals surface area contributed by atoms with Gasteiger partial charge in [-0.15, -0.1) is 11.3 Å². The number of rotatable bonds is 5. The van der Waals surface area contributed by atoms with Gasteiger partial charge in [-0.3, -0.25) is 14.3 Å². The summed E-state index contributed by atoms with van der Waals surface area (Å²) in [5, 5.41) is 9.26. The van der Waals surface area contributed by atoms with E-state index in [1.165, 1.54) is 16.2 Å². The lowest BCUT2D eigenvalue weighted by atomic mass is 10.3. The first kappa shape index (κ1) is 16.8. The molecule has 2 aromatic heterocycles. The number of carbonyl (C=O) groups is 2. The fraction of sp³-hybridized carbons (Fsp3) is 0.176. The summed E-state index contributed by atoms with van der Waals surface area (Å²) < 4.78 is 1.68. The average Bonchev–Trinajstić information content (AvgIpc) is 3.23. The van der Waals surface area contributed by atoms with Crippen LogP contribution < -0.4 is 5.32 Å². The average molecular weight is 355 g/mol. The van der Waals surface area contributed by atoms with Gasteiger partial charge in [0.25, 0.3) is 5.91 Å². The molecule has 3 aromatic rings. The zero-order chi connectivity index (χ0) is 17.8. The highest BCUT2D eigenvalue weighted by atomic mass is 32.1. The standard InChI is InChI=1S/C17H17N5O2S/c1-21(10-15(23)19-13-6-4-3-5-7-13)17(24)14-11-25-16(20-14)12-8-18-22(2)9-12/h3-9,11H,10H2,1-2H3,(H,19,23). The van der Waals surface area contributed by atoms with Crippen molar-refractivity contribution in [1.29, 1.82) is 0 Å². The molecule has 0 atom stereocenters. The smallest absolute Gasteiger partial charge is 0.273 e. The van der Waals surface area contributed by atoms with E-state index in [1.807, 2.05) is 31.4 Å². The second kappa shape index (κ2) is 7.27. The molecule has 0 bridgehead atoms. The molecule has 0 unspecified atom stereocenters. The topological polar surface area (TPSA) is 80.1 Å². The molecule has 0 aliphatic carbocycles. The van der Waals surface area contributed by atoms with Crippen LogP contribution in [-0.2, 0) is 11.8 Å². The minimum atomic E-state index is -0.297. The van der Waals surface area contributed by atoms with Crippen LogP contribution in [0.3, 0.4) is 0 Å². The van der Waals surface area contributed by atoms with Crippen molar-refractivity contribution in [3.63, 3.8) is 0 Å². The summed E-state index contributed by atoms with van der Waals surface area (Å²) in [7, 11) is 3.40. The van der Waals surface area contributed by atoms with Crippen LogP contribution in [0.15, 0.2) is 48.1 Å². The summed E-state index contributed by atoms with van der Waals surface area (Å²) in [5.74, 6) is -0.556. The predicted molar refractivity (Wildman–Crippen MR) is 96.3 cm³/mol. The lowest BCUT2D eigenvalue weighted by Crippen LogP contribution is -2.35. The van der Waals surface area contributed by atoms with E-state index >= 15 is 0 Å². The van der Waals surface area contributed by atoms with E-state index < -0.39 is 0 Å². The van der Waals surface area contributed by atoms with E-state index in [0.29, 0.717) is 11.4 Å². The number of benzene rings is 1. The lowest BCUT2D eigenvalue weighted by molar-refractivity contribution is -0.116. The Bertz CT molecular complexity index is 887. The van der Waals surface area contributed by atoms with Crippen LogP contribution in [0.5, 0.6) is 0 Å². The Balaban J connectivity index is 1.62. The second-order valence-corrected chi connectivity index (χ2v) is 6.37. The number of para-hydroxylation sites is 1. The predicted octanol–water partition coefficient (Wildman–Crippen LogP) is 2.25. The van der Waals surface area contributed by atoms with E-state index in [1.54, 1.807) is 35.4 Å². The van der Waals surface area contributed by atoms with Gasteiger partial charge in [0.15, 0.2) is 0 Å². The third-order valence-corrected chi connectivity index (χ3v) is 4.35. The molecule has 1 N–H and O–H groups in total. The molecule has 0 saturated carbocycles. The van der Waals surface area contributed by atoms with Crippen molar-refractivity contribution in [2.45, 2.75) is 0 Å². The molecule has 0 fully saturated rings. The minimum absolute atomic E-state index is 0.0481. The Morgan fingerprint density at radius 3 is 2.72 bits per heavy atom. The fourth-order valence-corrected chi connectivity index (χ4v) is 3.01. The maximum atomic E-state index is 12.5. The lowest BCUT2D eigenvalue weighted by Gasteiger charge is -2.15. The van der Waals surface area contributed by atoms with Crippen molar-refractivity contribution >= 4 is 28.8 Å². The highest BCUT2D eigenvalue weighted by Gasteiger charge is 2.18. The molecule has 3 rings (SSSR count). The number of nitrogens with zero attached hydrogens (tertiary/aromatic N) is 4. The molecule has 128 valence electrons. The van der Waals surface area contributed by atoms with Gasteiger partial charge in [0.05, 0.1) is 12.7 Å². The van der Waals surface area contributed by atoms with Crippen molar-refractivity contribution in [3.8, 4) is 10.6 Å². The van der Waals surface area contributed by atoms with Crippen LogP contribution in [0.1, 0.15) is 10.5 Å². The summed E-state index contributed by atoms with van der Waals surface area (Å²) in [6, 6.07) is 9.12. The number of aromatic nitrogens is 3. The van der Waals surface area contributed by atoms with E-state index in [2.05, 4.69) is 15.4 Å². The molecule has 0 radical (unpaired) electrons. The molecule has 0 aliphatic heterocycles. The van der Waals surface area contributed by atoms with Gasteiger partial charge in [-0.2, -0.15) is 5.10 Å². The Morgan fingerprint density at radius 1 is 1.28 bits per heavy atom. The summed E-state index contributed by atoms with van der Waals surface area (Å²) in [6.45, 7) is -0.0481. The second-order valence-electron chi connectivity index (χ2n) is 5.52. The van der Waals surface area contributed by atoms with Crippen molar-refractivity contribution in [1.82, 2.24) is 19.7 Å². The number of anilines is 1. The monoisotopic (exact) mass is 355 g/mol. The zero-order valence-corrected chi connectivity index (χ0v) is 14.7. The van der Waals surface area contributed by atoms with Crippen molar-refractivity contribution in [2.75, 3.05) is 18.9 Å². The van der Waals surface area contributed by atoms with Gasteiger partial charge < -0.3 is 10.2 Å². The third-order valence-electron chi connectivity index (χ3n) is 3.46. The Hall–Kier alpha value is -3.00. The Kier molecular flexibility index (Phi) is 4.90. The van der Waals surface area contributed by atoms with Crippen LogP contribution in [0.2, 0.25) is 0 Å². The maximum absolute atomic E-state index is 12.5. The number of amides is 2. The number of hydrogen-bond acceptors (Lipinski definition) is 5. The number of hydrogen-bond donors (Lipinski definition) is 1. The van der Waals surface area contributed by atoms with Gasteiger partial charge in [0.2, 0.25) is 5.91 Å². The number of thiazole rings is 1. The van der Waals surface area contributed by atoms with Gasteiger partial charge in [-0.25, -0.2) is 4.98 Å². The maximum Gasteiger partial charge on any atom is 0.273 e. The Labute approximate surface area is 148 Å². The molecule has 2 amide bonds. The zero-order valence-electron chi connectivity index (χ0n) is 13.8. The van der Waals surface area contributed by atoms with Gasteiger partial charge in [0, 0.05) is 36.9 Å². The van der Waals surface area contributed by atoms with Crippen molar-refractivity contribution in [3.05, 3.63) is 53.8 Å². The normalized spacial score (nSPS) is 10.5. The molecule has 2 heterocycles. The van der Waals surface area contributed by atoms with Crippen LogP contribution in [0.25, 0.3) is 10.6 Å². The summed E-state index contributed by atoms with van der Waals surface area (Å²) in [5.41, 5.74) is 1.87. The van der Waals surface area contributed by atoms with Crippen LogP contribution in [0.4, 0.5) is 5.69 Å². The summed E-state index contributed by atoms with van der Waals surface area (Å²) >= 11 is 1.37. The first-order valence-electron chi connectivity index (χ1n) is 7.58. The highest BCUT2D eigenvalue weighted by molar-refractivity contribution is 7.13. The van der Waals surface area contributed by atoms with Crippen LogP contribution >= 0.6 is 11.3 Å². The SMILES string of the molecule is CN(CC(=O)Nc1ccccc1)C(=O)c1csc(-c2cnn(C)c2)n1. The third kappa shape index (κ3) is 4.10. The number of aryl methyl sites for hydroxylation is 1. The first-order valence-corrected chi connectivity index (χ1v) is 8.46. The fourth-order valence-electron chi connectivity index (χ4n) is 2.24. The summed E-state index contributed by atoms with van der Waals surface area (Å²) in [6.07, 6.45) is 3.54. The molecular weight excluding hydrogens is 338 g/mol. The van der Waals surface area contributed by atoms with Gasteiger partial charge in [-0.05, 0) is 12.1 Å².